The first-order valence-electron chi connectivity index (χ1n) is 14.3. The fourth-order valence-corrected chi connectivity index (χ4v) is 5.13. The second-order valence-corrected chi connectivity index (χ2v) is 17.3. The van der Waals surface area contributed by atoms with Gasteiger partial charge in [0.15, 0.2) is 0 Å². The number of benzene rings is 2. The Balaban J connectivity index is 0.000000525. The van der Waals surface area contributed by atoms with Crippen molar-refractivity contribution in [2.45, 2.75) is 111 Å². The van der Waals surface area contributed by atoms with E-state index in [4.69, 9.17) is 9.92 Å². The Labute approximate surface area is 241 Å². The van der Waals surface area contributed by atoms with Gasteiger partial charge in [0.2, 0.25) is 0 Å². The fraction of sp³-hybridized carbons (Fsp3) is 0.618. The molecule has 0 spiro atoms. The monoisotopic (exact) mass is 559 g/mol. The molecule has 4 nitrogen and oxygen atoms in total. The van der Waals surface area contributed by atoms with Crippen LogP contribution >= 0.6 is 10.3 Å². The van der Waals surface area contributed by atoms with E-state index in [9.17, 15) is 9.90 Å². The van der Waals surface area contributed by atoms with Gasteiger partial charge in [0.1, 0.15) is 5.78 Å². The van der Waals surface area contributed by atoms with Crippen LogP contribution in [0.3, 0.4) is 0 Å². The van der Waals surface area contributed by atoms with Gasteiger partial charge in [-0.25, -0.2) is 0 Å². The number of anilines is 1. The molecule has 2 aromatic rings. The lowest BCUT2D eigenvalue weighted by molar-refractivity contribution is -0.116. The van der Waals surface area contributed by atoms with Crippen LogP contribution in [0.2, 0.25) is 0 Å². The van der Waals surface area contributed by atoms with E-state index in [1.807, 2.05) is 39.0 Å². The minimum Gasteiger partial charge on any atom is -0.398 e. The molecular formula is C34H57NO3S. The van der Waals surface area contributed by atoms with Crippen LogP contribution in [-0.4, -0.2) is 40.4 Å². The zero-order valence-corrected chi connectivity index (χ0v) is 27.7. The van der Waals surface area contributed by atoms with Crippen molar-refractivity contribution in [2.24, 2.45) is 5.92 Å². The summed E-state index contributed by atoms with van der Waals surface area (Å²) in [5, 5.41) is 10.2. The van der Waals surface area contributed by atoms with Gasteiger partial charge < -0.3 is 15.0 Å². The highest BCUT2D eigenvalue weighted by molar-refractivity contribution is 8.29. The Hall–Kier alpha value is -1.82. The van der Waals surface area contributed by atoms with Crippen LogP contribution in [0.5, 0.6) is 0 Å². The van der Waals surface area contributed by atoms with Gasteiger partial charge in [-0.1, -0.05) is 71.9 Å². The molecule has 222 valence electrons. The summed E-state index contributed by atoms with van der Waals surface area (Å²) in [5.41, 5.74) is 12.2. The van der Waals surface area contributed by atoms with Gasteiger partial charge in [0, 0.05) is 16.9 Å². The fourth-order valence-electron chi connectivity index (χ4n) is 4.20. The minimum absolute atomic E-state index is 0.149. The molecule has 1 atom stereocenters. The highest BCUT2D eigenvalue weighted by Gasteiger charge is 2.29. The maximum absolute atomic E-state index is 10.9. The van der Waals surface area contributed by atoms with E-state index >= 15 is 0 Å². The Morgan fingerprint density at radius 2 is 1.59 bits per heavy atom. The molecule has 0 bridgehead atoms. The van der Waals surface area contributed by atoms with E-state index in [1.165, 1.54) is 16.7 Å². The lowest BCUT2D eigenvalue weighted by Crippen LogP contribution is -2.27. The number of rotatable bonds is 11. The van der Waals surface area contributed by atoms with Gasteiger partial charge in [0.25, 0.3) is 0 Å². The van der Waals surface area contributed by atoms with E-state index in [0.29, 0.717) is 23.9 Å². The SMILES string of the molecule is CC(=O)Cc1c(C)cccc1N.CC(C)c1cccc(CCC(C)(C)O)c1C[C@@H](C)COS(C)(C)C(C)(C)C. The van der Waals surface area contributed by atoms with Gasteiger partial charge in [-0.2, -0.15) is 0 Å². The van der Waals surface area contributed by atoms with E-state index in [0.717, 1.165) is 37.0 Å². The van der Waals surface area contributed by atoms with Gasteiger partial charge in [-0.15, -0.1) is 10.3 Å². The van der Waals surface area contributed by atoms with Crippen LogP contribution in [-0.2, 0) is 28.2 Å². The molecule has 0 fully saturated rings. The standard InChI is InChI=1S/C24H44O2S.C10H13NO/c1-18(2)21-13-11-12-20(14-15-24(7,8)25)22(21)16-19(3)17-26-27(9,10)23(4,5)6;1-7-4-3-5-10(11)9(7)6-8(2)12/h11-13,18-19,25H,14-17H2,1-10H3;3-5H,6,11H2,1-2H3/t19-;/m1./s1. The van der Waals surface area contributed by atoms with E-state index in [-0.39, 0.29) is 10.5 Å². The molecule has 0 amide bonds. The van der Waals surface area contributed by atoms with Crippen LogP contribution < -0.4 is 5.73 Å². The number of hydrogen-bond acceptors (Lipinski definition) is 4. The maximum atomic E-state index is 10.9. The highest BCUT2D eigenvalue weighted by atomic mass is 32.3. The summed E-state index contributed by atoms with van der Waals surface area (Å²) in [6.07, 6.45) is 7.74. The van der Waals surface area contributed by atoms with Crippen LogP contribution in [0.15, 0.2) is 36.4 Å². The molecular weight excluding hydrogens is 502 g/mol. The number of nitrogen functional groups attached to an aromatic ring is 1. The maximum Gasteiger partial charge on any atom is 0.134 e. The summed E-state index contributed by atoms with van der Waals surface area (Å²) in [5.74, 6) is 1.13. The van der Waals surface area contributed by atoms with Crippen LogP contribution in [0, 0.1) is 12.8 Å². The molecule has 0 heterocycles. The molecule has 3 N–H and O–H groups in total. The molecule has 0 aliphatic carbocycles. The number of aryl methyl sites for hydroxylation is 2. The van der Waals surface area contributed by atoms with Crippen molar-refractivity contribution in [3.8, 4) is 0 Å². The summed E-state index contributed by atoms with van der Waals surface area (Å²) >= 11 is 0. The van der Waals surface area contributed by atoms with Gasteiger partial charge in [-0.05, 0) is 105 Å². The molecule has 39 heavy (non-hydrogen) atoms. The van der Waals surface area contributed by atoms with E-state index in [2.05, 4.69) is 72.3 Å². The first kappa shape index (κ1) is 35.2. The molecule has 2 rings (SSSR count). The third kappa shape index (κ3) is 12.1. The predicted molar refractivity (Wildman–Crippen MR) is 173 cm³/mol. The first-order valence-corrected chi connectivity index (χ1v) is 16.7. The Morgan fingerprint density at radius 3 is 2.08 bits per heavy atom. The van der Waals surface area contributed by atoms with Crippen LogP contribution in [0.1, 0.15) is 102 Å². The van der Waals surface area contributed by atoms with Crippen molar-refractivity contribution in [3.63, 3.8) is 0 Å². The van der Waals surface area contributed by atoms with Gasteiger partial charge in [0.05, 0.1) is 12.2 Å². The number of carbonyl (C=O) groups is 1. The lowest BCUT2D eigenvalue weighted by atomic mass is 9.85. The van der Waals surface area contributed by atoms with Gasteiger partial charge >= 0.3 is 0 Å². The Bertz CT molecular complexity index is 1040. The molecule has 2 aromatic carbocycles. The lowest BCUT2D eigenvalue weighted by Gasteiger charge is -2.44. The molecule has 0 saturated carbocycles. The average Bonchev–Trinajstić information content (AvgIpc) is 2.78. The third-order valence-corrected chi connectivity index (χ3v) is 11.2. The molecule has 0 saturated heterocycles. The van der Waals surface area contributed by atoms with Crippen LogP contribution in [0.25, 0.3) is 0 Å². The quantitative estimate of drug-likeness (QED) is 0.272. The van der Waals surface area contributed by atoms with Crippen molar-refractivity contribution in [1.29, 1.82) is 0 Å². The summed E-state index contributed by atoms with van der Waals surface area (Å²) < 4.78 is 6.62. The Kier molecular flexibility index (Phi) is 13.3. The topological polar surface area (TPSA) is 72.6 Å². The summed E-state index contributed by atoms with van der Waals surface area (Å²) in [6, 6.07) is 12.4. The van der Waals surface area contributed by atoms with Crippen molar-refractivity contribution in [2.75, 3.05) is 24.9 Å². The molecule has 5 heteroatoms. The number of hydrogen-bond donors (Lipinski definition) is 2. The second kappa shape index (κ2) is 14.7. The Morgan fingerprint density at radius 1 is 1.00 bits per heavy atom. The zero-order chi connectivity index (χ0) is 30.2. The van der Waals surface area contributed by atoms with Crippen molar-refractivity contribution in [1.82, 2.24) is 0 Å². The smallest absolute Gasteiger partial charge is 0.134 e. The molecule has 0 radical (unpaired) electrons. The highest BCUT2D eigenvalue weighted by Crippen LogP contribution is 2.54. The number of Topliss-reactive ketones (excluding diaryl/α,β-unsaturated/α-hetero) is 1. The van der Waals surface area contributed by atoms with Crippen molar-refractivity contribution < 1.29 is 14.1 Å². The summed E-state index contributed by atoms with van der Waals surface area (Å²) in [7, 11) is -1.08. The largest absolute Gasteiger partial charge is 0.398 e. The van der Waals surface area contributed by atoms with E-state index in [1.54, 1.807) is 6.92 Å². The first-order chi connectivity index (χ1) is 17.7. The van der Waals surface area contributed by atoms with Gasteiger partial charge in [-0.3, -0.25) is 4.79 Å². The predicted octanol–water partition coefficient (Wildman–Crippen LogP) is 8.20. The minimum atomic E-state index is -1.08. The third-order valence-electron chi connectivity index (χ3n) is 7.48. The molecule has 0 aromatic heterocycles. The van der Waals surface area contributed by atoms with Crippen molar-refractivity contribution >= 4 is 21.8 Å². The number of aliphatic hydroxyl groups is 1. The average molecular weight is 560 g/mol. The zero-order valence-electron chi connectivity index (χ0n) is 26.9. The number of carbonyl (C=O) groups excluding carboxylic acids is 1. The van der Waals surface area contributed by atoms with Crippen molar-refractivity contribution in [3.05, 3.63) is 64.2 Å². The van der Waals surface area contributed by atoms with E-state index < -0.39 is 15.9 Å². The summed E-state index contributed by atoms with van der Waals surface area (Å²) in [4.78, 5) is 10.9. The van der Waals surface area contributed by atoms with Crippen LogP contribution in [0.4, 0.5) is 5.69 Å². The summed E-state index contributed by atoms with van der Waals surface area (Å²) in [6.45, 7) is 21.8. The number of ketones is 1. The molecule has 0 unspecified atom stereocenters. The second-order valence-electron chi connectivity index (χ2n) is 13.4. The molecule has 0 aliphatic heterocycles. The normalized spacial score (nSPS) is 13.6. The number of nitrogens with two attached hydrogens (primary N) is 1. The molecule has 0 aliphatic rings.